The van der Waals surface area contributed by atoms with Crippen molar-refractivity contribution in [2.45, 2.75) is 17.7 Å². The number of rotatable bonds is 4. The third kappa shape index (κ3) is 3.83. The van der Waals surface area contributed by atoms with Crippen LogP contribution in [0.3, 0.4) is 0 Å². The summed E-state index contributed by atoms with van der Waals surface area (Å²) in [5.41, 5.74) is 0. The molecule has 5 nitrogen and oxygen atoms in total. The van der Waals surface area contributed by atoms with Crippen molar-refractivity contribution in [3.8, 4) is 0 Å². The highest BCUT2D eigenvalue weighted by Gasteiger charge is 2.31. The van der Waals surface area contributed by atoms with Crippen molar-refractivity contribution in [3.63, 3.8) is 0 Å². The first-order chi connectivity index (χ1) is 7.13. The average molecular weight is 231 g/mol. The van der Waals surface area contributed by atoms with E-state index >= 15 is 0 Å². The molecular weight excluding hydrogens is 218 g/mol. The van der Waals surface area contributed by atoms with Crippen LogP contribution in [0.4, 0.5) is 4.79 Å². The van der Waals surface area contributed by atoms with E-state index in [1.54, 1.807) is 0 Å². The number of carboxylic acid groups (broad SMARTS) is 1. The highest BCUT2D eigenvalue weighted by Crippen LogP contribution is 2.26. The van der Waals surface area contributed by atoms with E-state index in [-0.39, 0.29) is 12.6 Å². The first kappa shape index (κ1) is 11.9. The smallest absolute Gasteiger partial charge is 0.407 e. The second kappa shape index (κ2) is 5.65. The number of carbonyl (C=O) groups is 2. The van der Waals surface area contributed by atoms with Gasteiger partial charge in [-0.05, 0) is 6.42 Å². The molecule has 0 unspecified atom stereocenters. The molecule has 15 heavy (non-hydrogen) atoms. The summed E-state index contributed by atoms with van der Waals surface area (Å²) in [6, 6.07) is -0.117. The zero-order valence-corrected chi connectivity index (χ0v) is 8.96. The minimum Gasteiger partial charge on any atom is -0.480 e. The lowest BCUT2D eigenvalue weighted by Gasteiger charge is -2.10. The molecule has 0 aromatic carbocycles. The predicted molar refractivity (Wildman–Crippen MR) is 57.0 cm³/mol. The maximum absolute atomic E-state index is 11.1. The number of nitrogens with one attached hydrogen (secondary N) is 1. The number of hydrogen-bond donors (Lipinski definition) is 2. The van der Waals surface area contributed by atoms with Gasteiger partial charge in [-0.25, -0.2) is 4.79 Å². The number of amides is 1. The molecule has 2 N–H and O–H groups in total. The number of carboxylic acids is 1. The fourth-order valence-corrected chi connectivity index (χ4v) is 2.44. The van der Waals surface area contributed by atoms with E-state index in [0.29, 0.717) is 12.2 Å². The molecule has 0 bridgehead atoms. The molecule has 84 valence electrons. The average Bonchev–Trinajstić information content (AvgIpc) is 2.63. The minimum absolute atomic E-state index is 0.117. The number of ether oxygens (including phenoxy) is 1. The summed E-state index contributed by atoms with van der Waals surface area (Å²) in [4.78, 5) is 21.7. The summed E-state index contributed by atoms with van der Waals surface area (Å²) in [6.45, 7) is 3.57. The Bertz CT molecular complexity index is 269. The van der Waals surface area contributed by atoms with Crippen LogP contribution in [-0.4, -0.2) is 40.8 Å². The van der Waals surface area contributed by atoms with Crippen molar-refractivity contribution in [2.24, 2.45) is 0 Å². The maximum atomic E-state index is 11.1. The molecular formula is C9H13NO4S. The molecule has 0 aliphatic carbocycles. The Hall–Kier alpha value is -1.17. The van der Waals surface area contributed by atoms with Crippen molar-refractivity contribution in [1.82, 2.24) is 5.32 Å². The van der Waals surface area contributed by atoms with Gasteiger partial charge in [0.15, 0.2) is 0 Å². The van der Waals surface area contributed by atoms with Crippen molar-refractivity contribution < 1.29 is 19.4 Å². The second-order valence-corrected chi connectivity index (χ2v) is 4.36. The zero-order chi connectivity index (χ0) is 11.3. The quantitative estimate of drug-likeness (QED) is 0.702. The summed E-state index contributed by atoms with van der Waals surface area (Å²) in [7, 11) is 0. The molecule has 0 spiro atoms. The van der Waals surface area contributed by atoms with Gasteiger partial charge in [-0.1, -0.05) is 12.7 Å². The lowest BCUT2D eigenvalue weighted by atomic mass is 10.2. The van der Waals surface area contributed by atoms with Gasteiger partial charge in [-0.15, -0.1) is 11.8 Å². The second-order valence-electron chi connectivity index (χ2n) is 3.12. The van der Waals surface area contributed by atoms with Crippen LogP contribution < -0.4 is 5.32 Å². The van der Waals surface area contributed by atoms with Crippen molar-refractivity contribution in [1.29, 1.82) is 0 Å². The Morgan fingerprint density at radius 2 is 2.40 bits per heavy atom. The largest absolute Gasteiger partial charge is 0.480 e. The molecule has 0 aromatic heterocycles. The Labute approximate surface area is 91.9 Å². The van der Waals surface area contributed by atoms with Crippen LogP contribution in [0.25, 0.3) is 0 Å². The lowest BCUT2D eigenvalue weighted by molar-refractivity contribution is -0.136. The van der Waals surface area contributed by atoms with Gasteiger partial charge in [-0.2, -0.15) is 0 Å². The van der Waals surface area contributed by atoms with E-state index in [2.05, 4.69) is 11.9 Å². The van der Waals surface area contributed by atoms with Crippen LogP contribution in [0.15, 0.2) is 12.7 Å². The fraction of sp³-hybridized carbons (Fsp3) is 0.556. The monoisotopic (exact) mass is 231 g/mol. The van der Waals surface area contributed by atoms with Gasteiger partial charge < -0.3 is 15.2 Å². The summed E-state index contributed by atoms with van der Waals surface area (Å²) >= 11 is 1.33. The van der Waals surface area contributed by atoms with E-state index in [0.717, 1.165) is 0 Å². The number of thioether (sulfide) groups is 1. The molecule has 0 saturated carbocycles. The van der Waals surface area contributed by atoms with Crippen LogP contribution in [0, 0.1) is 0 Å². The van der Waals surface area contributed by atoms with Gasteiger partial charge in [0.05, 0.1) is 0 Å². The maximum Gasteiger partial charge on any atom is 0.407 e. The Kier molecular flexibility index (Phi) is 4.48. The molecule has 1 fully saturated rings. The Morgan fingerprint density at radius 3 is 2.93 bits per heavy atom. The first-order valence-electron chi connectivity index (χ1n) is 4.52. The van der Waals surface area contributed by atoms with Crippen LogP contribution in [-0.2, 0) is 9.53 Å². The number of carbonyl (C=O) groups excluding carboxylic acids is 1. The van der Waals surface area contributed by atoms with E-state index < -0.39 is 17.3 Å². The van der Waals surface area contributed by atoms with Gasteiger partial charge >= 0.3 is 12.1 Å². The van der Waals surface area contributed by atoms with Gasteiger partial charge in [0.2, 0.25) is 0 Å². The van der Waals surface area contributed by atoms with Crippen LogP contribution >= 0.6 is 11.8 Å². The number of alkyl carbamates (subject to hydrolysis) is 1. The van der Waals surface area contributed by atoms with Crippen molar-refractivity contribution >= 4 is 23.8 Å². The minimum atomic E-state index is -0.830. The molecule has 1 aliphatic heterocycles. The van der Waals surface area contributed by atoms with E-state index in [1.807, 2.05) is 0 Å². The van der Waals surface area contributed by atoms with Crippen molar-refractivity contribution in [2.75, 3.05) is 12.4 Å². The molecule has 2 atom stereocenters. The predicted octanol–water partition coefficient (Wildman–Crippen LogP) is 0.857. The van der Waals surface area contributed by atoms with Crippen LogP contribution in [0.2, 0.25) is 0 Å². The summed E-state index contributed by atoms with van der Waals surface area (Å²) in [5, 5.41) is 10.9. The molecule has 0 radical (unpaired) electrons. The normalized spacial score (nSPS) is 24.5. The molecule has 1 saturated heterocycles. The van der Waals surface area contributed by atoms with Crippen LogP contribution in [0.1, 0.15) is 6.42 Å². The summed E-state index contributed by atoms with van der Waals surface area (Å²) in [5.74, 6) is -0.219. The summed E-state index contributed by atoms with van der Waals surface area (Å²) in [6.07, 6.45) is 1.40. The van der Waals surface area contributed by atoms with Gasteiger partial charge in [0, 0.05) is 11.8 Å². The topological polar surface area (TPSA) is 75.6 Å². The molecule has 1 aliphatic rings. The third-order valence-electron chi connectivity index (χ3n) is 1.93. The molecule has 1 amide bonds. The standard InChI is InChI=1S/C9H13NO4S/c1-2-3-14-9(13)10-6-4-7(8(11)12)15-5-6/h2,6-7H,1,3-5H2,(H,10,13)(H,11,12)/t6-,7-/m1/s1. The Balaban J connectivity index is 2.26. The molecule has 0 aromatic rings. The molecule has 1 heterocycles. The zero-order valence-electron chi connectivity index (χ0n) is 8.14. The highest BCUT2D eigenvalue weighted by molar-refractivity contribution is 8.00. The fourth-order valence-electron chi connectivity index (χ4n) is 1.24. The lowest BCUT2D eigenvalue weighted by Crippen LogP contribution is -2.36. The third-order valence-corrected chi connectivity index (χ3v) is 3.32. The van der Waals surface area contributed by atoms with Gasteiger partial charge in [0.1, 0.15) is 11.9 Å². The Morgan fingerprint density at radius 1 is 1.67 bits per heavy atom. The number of hydrogen-bond acceptors (Lipinski definition) is 4. The SMILES string of the molecule is C=CCOC(=O)N[C@H]1CS[C@@H](C(=O)O)C1. The first-order valence-corrected chi connectivity index (χ1v) is 5.57. The van der Waals surface area contributed by atoms with Gasteiger partial charge in [0.25, 0.3) is 0 Å². The van der Waals surface area contributed by atoms with Gasteiger partial charge in [-0.3, -0.25) is 4.79 Å². The molecule has 6 heteroatoms. The number of aliphatic carboxylic acids is 1. The van der Waals surface area contributed by atoms with E-state index in [1.165, 1.54) is 17.8 Å². The van der Waals surface area contributed by atoms with E-state index in [4.69, 9.17) is 9.84 Å². The highest BCUT2D eigenvalue weighted by atomic mass is 32.2. The molecule has 1 rings (SSSR count). The van der Waals surface area contributed by atoms with E-state index in [9.17, 15) is 9.59 Å². The summed E-state index contributed by atoms with van der Waals surface area (Å²) < 4.78 is 4.72. The van der Waals surface area contributed by atoms with Crippen LogP contribution in [0.5, 0.6) is 0 Å². The van der Waals surface area contributed by atoms with Crippen molar-refractivity contribution in [3.05, 3.63) is 12.7 Å².